The third kappa shape index (κ3) is 2.12. The van der Waals surface area contributed by atoms with E-state index >= 15 is 0 Å². The van der Waals surface area contributed by atoms with E-state index in [1.54, 1.807) is 0 Å². The van der Waals surface area contributed by atoms with Crippen LogP contribution >= 0.6 is 0 Å². The molecule has 0 aliphatic carbocycles. The van der Waals surface area contributed by atoms with Crippen molar-refractivity contribution in [1.82, 2.24) is 10.3 Å². The Hall–Kier alpha value is -2.15. The lowest BCUT2D eigenvalue weighted by Gasteiger charge is -2.15. The molecule has 2 rings (SSSR count). The number of H-pyrrole nitrogens is 1. The van der Waals surface area contributed by atoms with Crippen LogP contribution in [0.3, 0.4) is 0 Å². The molecule has 0 bridgehead atoms. The van der Waals surface area contributed by atoms with Crippen LogP contribution in [0.5, 0.6) is 0 Å². The van der Waals surface area contributed by atoms with E-state index in [-0.39, 0.29) is 11.5 Å². The summed E-state index contributed by atoms with van der Waals surface area (Å²) in [5, 5.41) is 20.7. The van der Waals surface area contributed by atoms with Crippen molar-refractivity contribution in [3.63, 3.8) is 0 Å². The van der Waals surface area contributed by atoms with E-state index < -0.39 is 23.5 Å². The van der Waals surface area contributed by atoms with E-state index in [0.717, 1.165) is 0 Å². The van der Waals surface area contributed by atoms with Gasteiger partial charge in [0.2, 0.25) is 0 Å². The summed E-state index contributed by atoms with van der Waals surface area (Å²) in [5.41, 5.74) is -0.544. The average Bonchev–Trinajstić information content (AvgIpc) is 2.78. The van der Waals surface area contributed by atoms with Gasteiger partial charge in [-0.3, -0.25) is 9.59 Å². The normalized spacial score (nSPS) is 22.9. The topological polar surface area (TPSA) is 119 Å². The number of aliphatic carboxylic acids is 1. The van der Waals surface area contributed by atoms with Gasteiger partial charge in [-0.25, -0.2) is 4.79 Å². The number of hydrogen-bond acceptors (Lipinski definition) is 4. The third-order valence-corrected chi connectivity index (χ3v) is 3.07. The fourth-order valence-electron chi connectivity index (χ4n) is 2.20. The molecule has 0 spiro atoms. The number of aromatic nitrogens is 1. The predicted molar refractivity (Wildman–Crippen MR) is 60.8 cm³/mol. The molecule has 4 N–H and O–H groups in total. The van der Waals surface area contributed by atoms with Crippen molar-refractivity contribution in [2.45, 2.75) is 18.4 Å². The Morgan fingerprint density at radius 3 is 2.67 bits per heavy atom. The first kappa shape index (κ1) is 12.3. The van der Waals surface area contributed by atoms with E-state index in [1.807, 2.05) is 0 Å². The van der Waals surface area contributed by atoms with Crippen molar-refractivity contribution in [2.24, 2.45) is 0 Å². The first-order chi connectivity index (χ1) is 8.50. The Kier molecular flexibility index (Phi) is 3.15. The number of rotatable bonds is 3. The van der Waals surface area contributed by atoms with Crippen LogP contribution in [0.2, 0.25) is 0 Å². The van der Waals surface area contributed by atoms with Crippen molar-refractivity contribution in [1.29, 1.82) is 0 Å². The Labute approximate surface area is 101 Å². The molecule has 2 heterocycles. The molecule has 2 unspecified atom stereocenters. The number of nitrogens with one attached hydrogen (secondary N) is 2. The highest BCUT2D eigenvalue weighted by Crippen LogP contribution is 2.27. The Bertz CT molecular complexity index is 551. The highest BCUT2D eigenvalue weighted by Gasteiger charge is 2.34. The SMILES string of the molecule is O=C(O)c1cc(C2CCNC2C(=O)O)c[nH]c1=O. The summed E-state index contributed by atoms with van der Waals surface area (Å²) in [6, 6.07) is 0.493. The molecule has 0 aromatic carbocycles. The second-order valence-corrected chi connectivity index (χ2v) is 4.15. The van der Waals surface area contributed by atoms with Crippen molar-refractivity contribution in [3.05, 3.63) is 33.7 Å². The highest BCUT2D eigenvalue weighted by molar-refractivity contribution is 5.87. The van der Waals surface area contributed by atoms with Gasteiger partial charge in [-0.2, -0.15) is 0 Å². The van der Waals surface area contributed by atoms with Crippen LogP contribution in [0, 0.1) is 0 Å². The predicted octanol–water partition coefficient (Wildman–Crippen LogP) is -0.397. The lowest BCUT2D eigenvalue weighted by atomic mass is 9.92. The standard InChI is InChI=1S/C11H12N2O5/c14-9-7(10(15)16)3-5(4-13-9)6-1-2-12-8(6)11(17)18/h3-4,6,8,12H,1-2H2,(H,13,14)(H,15,16)(H,17,18). The molecule has 1 aromatic rings. The zero-order valence-electron chi connectivity index (χ0n) is 9.34. The molecular formula is C11H12N2O5. The Morgan fingerprint density at radius 1 is 1.33 bits per heavy atom. The Balaban J connectivity index is 2.39. The molecule has 96 valence electrons. The molecule has 2 atom stereocenters. The van der Waals surface area contributed by atoms with Crippen molar-refractivity contribution < 1.29 is 19.8 Å². The first-order valence-corrected chi connectivity index (χ1v) is 5.43. The maximum atomic E-state index is 11.3. The van der Waals surface area contributed by atoms with E-state index in [2.05, 4.69) is 10.3 Å². The minimum absolute atomic E-state index is 0.336. The number of carboxylic acid groups (broad SMARTS) is 2. The summed E-state index contributed by atoms with van der Waals surface area (Å²) < 4.78 is 0. The first-order valence-electron chi connectivity index (χ1n) is 5.43. The lowest BCUT2D eigenvalue weighted by molar-refractivity contribution is -0.139. The van der Waals surface area contributed by atoms with E-state index in [9.17, 15) is 14.4 Å². The van der Waals surface area contributed by atoms with Crippen LogP contribution < -0.4 is 10.9 Å². The second kappa shape index (κ2) is 4.61. The van der Waals surface area contributed by atoms with Crippen molar-refractivity contribution >= 4 is 11.9 Å². The van der Waals surface area contributed by atoms with Crippen molar-refractivity contribution in [2.75, 3.05) is 6.54 Å². The lowest BCUT2D eigenvalue weighted by Crippen LogP contribution is -2.34. The number of aromatic amines is 1. The van der Waals surface area contributed by atoms with Gasteiger partial charge in [0.15, 0.2) is 0 Å². The molecule has 18 heavy (non-hydrogen) atoms. The Morgan fingerprint density at radius 2 is 2.06 bits per heavy atom. The van der Waals surface area contributed by atoms with Crippen LogP contribution in [0.15, 0.2) is 17.1 Å². The summed E-state index contributed by atoms with van der Waals surface area (Å²) in [5.74, 6) is -2.64. The largest absolute Gasteiger partial charge is 0.480 e. The number of pyridine rings is 1. The van der Waals surface area contributed by atoms with Crippen LogP contribution in [0.4, 0.5) is 0 Å². The van der Waals surface area contributed by atoms with Gasteiger partial charge >= 0.3 is 11.9 Å². The summed E-state index contributed by atoms with van der Waals surface area (Å²) in [6.45, 7) is 0.545. The van der Waals surface area contributed by atoms with Gasteiger partial charge in [-0.15, -0.1) is 0 Å². The molecule has 0 saturated carbocycles. The van der Waals surface area contributed by atoms with Gasteiger partial charge in [0, 0.05) is 12.1 Å². The van der Waals surface area contributed by atoms with Crippen LogP contribution in [0.25, 0.3) is 0 Å². The van der Waals surface area contributed by atoms with Gasteiger partial charge in [-0.05, 0) is 24.6 Å². The van der Waals surface area contributed by atoms with Gasteiger partial charge in [0.25, 0.3) is 5.56 Å². The smallest absolute Gasteiger partial charge is 0.341 e. The number of carbonyl (C=O) groups is 2. The molecule has 1 fully saturated rings. The molecule has 7 nitrogen and oxygen atoms in total. The number of aromatic carboxylic acids is 1. The third-order valence-electron chi connectivity index (χ3n) is 3.07. The summed E-state index contributed by atoms with van der Waals surface area (Å²) in [6.07, 6.45) is 1.96. The molecule has 1 aliphatic rings. The second-order valence-electron chi connectivity index (χ2n) is 4.15. The number of carboxylic acids is 2. The van der Waals surface area contributed by atoms with Crippen LogP contribution in [-0.4, -0.2) is 39.7 Å². The zero-order chi connectivity index (χ0) is 13.3. The van der Waals surface area contributed by atoms with Gasteiger partial charge in [-0.1, -0.05) is 0 Å². The molecular weight excluding hydrogens is 240 g/mol. The summed E-state index contributed by atoms with van der Waals surface area (Å²) >= 11 is 0. The molecule has 7 heteroatoms. The molecule has 0 amide bonds. The van der Waals surface area contributed by atoms with E-state index in [1.165, 1.54) is 12.3 Å². The monoisotopic (exact) mass is 252 g/mol. The fourth-order valence-corrected chi connectivity index (χ4v) is 2.20. The van der Waals surface area contributed by atoms with Crippen molar-refractivity contribution in [3.8, 4) is 0 Å². The van der Waals surface area contributed by atoms with E-state index in [0.29, 0.717) is 18.5 Å². The van der Waals surface area contributed by atoms with Gasteiger partial charge in [0.1, 0.15) is 11.6 Å². The van der Waals surface area contributed by atoms with Gasteiger partial charge < -0.3 is 20.5 Å². The average molecular weight is 252 g/mol. The minimum atomic E-state index is -1.32. The molecule has 1 saturated heterocycles. The number of hydrogen-bond donors (Lipinski definition) is 4. The fraction of sp³-hybridized carbons (Fsp3) is 0.364. The molecule has 1 aromatic heterocycles. The van der Waals surface area contributed by atoms with Crippen LogP contribution in [0.1, 0.15) is 28.3 Å². The maximum Gasteiger partial charge on any atom is 0.341 e. The summed E-state index contributed by atoms with van der Waals surface area (Å²) in [7, 11) is 0. The zero-order valence-corrected chi connectivity index (χ0v) is 9.34. The van der Waals surface area contributed by atoms with Gasteiger partial charge in [0.05, 0.1) is 0 Å². The minimum Gasteiger partial charge on any atom is -0.480 e. The quantitative estimate of drug-likeness (QED) is 0.581. The summed E-state index contributed by atoms with van der Waals surface area (Å²) in [4.78, 5) is 35.5. The molecule has 1 aliphatic heterocycles. The highest BCUT2D eigenvalue weighted by atomic mass is 16.4. The van der Waals surface area contributed by atoms with E-state index in [4.69, 9.17) is 10.2 Å². The molecule has 0 radical (unpaired) electrons. The van der Waals surface area contributed by atoms with Crippen LogP contribution in [-0.2, 0) is 4.79 Å². The maximum absolute atomic E-state index is 11.3.